The van der Waals surface area contributed by atoms with Crippen LogP contribution in [0, 0.1) is 11.3 Å². The summed E-state index contributed by atoms with van der Waals surface area (Å²) in [6.45, 7) is 5.40. The van der Waals surface area contributed by atoms with Crippen LogP contribution < -0.4 is 10.6 Å². The molecule has 0 bridgehead atoms. The Kier molecular flexibility index (Phi) is 6.54. The molecule has 0 aliphatic heterocycles. The lowest BCUT2D eigenvalue weighted by molar-refractivity contribution is -0.151. The number of ether oxygens (including phenoxy) is 1. The number of carbonyl (C=O) groups is 2. The predicted octanol–water partition coefficient (Wildman–Crippen LogP) is 3.49. The molecule has 1 aromatic carbocycles. The average Bonchev–Trinajstić information content (AvgIpc) is 2.98. The van der Waals surface area contributed by atoms with Gasteiger partial charge in [-0.3, -0.25) is 10.1 Å². The van der Waals surface area contributed by atoms with E-state index in [0.29, 0.717) is 20.7 Å². The van der Waals surface area contributed by atoms with Crippen molar-refractivity contribution in [3.8, 4) is 6.07 Å². The van der Waals surface area contributed by atoms with E-state index in [1.165, 1.54) is 11.8 Å². The van der Waals surface area contributed by atoms with Crippen LogP contribution in [0.25, 0.3) is 0 Å². The van der Waals surface area contributed by atoms with Gasteiger partial charge in [-0.25, -0.2) is 4.79 Å². The zero-order chi connectivity index (χ0) is 19.2. The number of hydrogen-bond acceptors (Lipinski definition) is 8. The van der Waals surface area contributed by atoms with Crippen molar-refractivity contribution in [2.24, 2.45) is 0 Å². The van der Waals surface area contributed by atoms with Crippen LogP contribution in [0.2, 0.25) is 0 Å². The van der Waals surface area contributed by atoms with Crippen molar-refractivity contribution in [2.45, 2.75) is 30.7 Å². The molecule has 0 aliphatic rings. The van der Waals surface area contributed by atoms with E-state index < -0.39 is 11.6 Å². The highest BCUT2D eigenvalue weighted by molar-refractivity contribution is 8.01. The molecule has 0 aliphatic carbocycles. The smallest absolute Gasteiger partial charge is 0.325 e. The van der Waals surface area contributed by atoms with Gasteiger partial charge in [-0.1, -0.05) is 29.2 Å². The lowest BCUT2D eigenvalue weighted by Crippen LogP contribution is -2.24. The number of hydrogen-bond donors (Lipinski definition) is 2. The summed E-state index contributed by atoms with van der Waals surface area (Å²) in [5, 5.41) is 22.1. The maximum absolute atomic E-state index is 12.0. The van der Waals surface area contributed by atoms with Crippen molar-refractivity contribution >= 4 is 45.9 Å². The quantitative estimate of drug-likeness (QED) is 0.455. The van der Waals surface area contributed by atoms with Gasteiger partial charge in [0.15, 0.2) is 4.34 Å². The summed E-state index contributed by atoms with van der Waals surface area (Å²) in [5.41, 5.74) is 0.400. The maximum Gasteiger partial charge on any atom is 0.325 e. The van der Waals surface area contributed by atoms with Crippen LogP contribution >= 0.6 is 23.1 Å². The van der Waals surface area contributed by atoms with E-state index in [4.69, 9.17) is 10.00 Å². The Morgan fingerprint density at radius 1 is 1.31 bits per heavy atom. The fourth-order valence-electron chi connectivity index (χ4n) is 1.74. The van der Waals surface area contributed by atoms with Crippen molar-refractivity contribution in [2.75, 3.05) is 16.4 Å². The number of nitriles is 1. The summed E-state index contributed by atoms with van der Waals surface area (Å²) < 4.78 is 5.75. The van der Waals surface area contributed by atoms with Gasteiger partial charge in [0.25, 0.3) is 0 Å². The number of thioether (sulfide) groups is 1. The molecule has 136 valence electrons. The second-order valence-electron chi connectivity index (χ2n) is 6.02. The van der Waals surface area contributed by atoms with Gasteiger partial charge in [0, 0.05) is 5.69 Å². The van der Waals surface area contributed by atoms with Crippen molar-refractivity contribution in [1.29, 1.82) is 5.26 Å². The summed E-state index contributed by atoms with van der Waals surface area (Å²) in [6.07, 6.45) is 0. The normalized spacial score (nSPS) is 10.7. The second kappa shape index (κ2) is 8.64. The maximum atomic E-state index is 12.0. The Hall–Kier alpha value is -2.64. The first-order valence-corrected chi connectivity index (χ1v) is 9.32. The number of urea groups is 1. The number of amides is 2. The van der Waals surface area contributed by atoms with E-state index in [-0.39, 0.29) is 11.7 Å². The molecule has 2 rings (SSSR count). The molecule has 0 saturated carbocycles. The van der Waals surface area contributed by atoms with Crippen molar-refractivity contribution in [3.05, 3.63) is 29.8 Å². The van der Waals surface area contributed by atoms with E-state index in [2.05, 4.69) is 20.8 Å². The van der Waals surface area contributed by atoms with Crippen LogP contribution in [0.15, 0.2) is 28.6 Å². The largest absolute Gasteiger partial charge is 0.459 e. The molecule has 26 heavy (non-hydrogen) atoms. The highest BCUT2D eigenvalue weighted by Gasteiger charge is 2.17. The first-order chi connectivity index (χ1) is 12.2. The minimum Gasteiger partial charge on any atom is -0.459 e. The molecule has 0 radical (unpaired) electrons. The Morgan fingerprint density at radius 3 is 2.77 bits per heavy atom. The minimum atomic E-state index is -0.535. The molecule has 0 fully saturated rings. The van der Waals surface area contributed by atoms with Crippen LogP contribution in [0.4, 0.5) is 15.6 Å². The number of anilines is 2. The monoisotopic (exact) mass is 391 g/mol. The SMILES string of the molecule is CC(C)(C)OC(=O)CSc1nnc(NC(=O)Nc2cccc(C#N)c2)s1. The van der Waals surface area contributed by atoms with Crippen LogP contribution in [0.3, 0.4) is 0 Å². The number of nitrogens with zero attached hydrogens (tertiary/aromatic N) is 3. The lowest BCUT2D eigenvalue weighted by Gasteiger charge is -2.18. The number of carbonyl (C=O) groups excluding carboxylic acids is 2. The molecule has 10 heteroatoms. The van der Waals surface area contributed by atoms with Gasteiger partial charge in [-0.2, -0.15) is 5.26 Å². The van der Waals surface area contributed by atoms with E-state index in [1.807, 2.05) is 6.07 Å². The molecular formula is C16H17N5O3S2. The molecule has 0 atom stereocenters. The fourth-order valence-corrected chi connectivity index (χ4v) is 3.26. The number of nitrogens with one attached hydrogen (secondary N) is 2. The molecule has 2 aromatic rings. The number of rotatable bonds is 5. The first-order valence-electron chi connectivity index (χ1n) is 7.51. The Bertz CT molecular complexity index is 839. The number of esters is 1. The molecular weight excluding hydrogens is 374 g/mol. The molecule has 2 N–H and O–H groups in total. The van der Waals surface area contributed by atoms with Crippen LogP contribution in [-0.2, 0) is 9.53 Å². The highest BCUT2D eigenvalue weighted by Crippen LogP contribution is 2.26. The van der Waals surface area contributed by atoms with Crippen LogP contribution in [0.1, 0.15) is 26.3 Å². The average molecular weight is 391 g/mol. The standard InChI is InChI=1S/C16H17N5O3S2/c1-16(2,3)24-12(22)9-25-15-21-20-14(26-15)19-13(23)18-11-6-4-5-10(7-11)8-17/h4-7H,9H2,1-3H3,(H2,18,19,20,23). The van der Waals surface area contributed by atoms with Gasteiger partial charge >= 0.3 is 12.0 Å². The first kappa shape index (κ1) is 19.7. The zero-order valence-electron chi connectivity index (χ0n) is 14.4. The minimum absolute atomic E-state index is 0.110. The summed E-state index contributed by atoms with van der Waals surface area (Å²) in [6, 6.07) is 8.04. The summed E-state index contributed by atoms with van der Waals surface area (Å²) >= 11 is 2.34. The van der Waals surface area contributed by atoms with Crippen LogP contribution in [-0.4, -0.2) is 33.6 Å². The van der Waals surface area contributed by atoms with Crippen LogP contribution in [0.5, 0.6) is 0 Å². The van der Waals surface area contributed by atoms with Gasteiger partial charge in [0.05, 0.1) is 17.4 Å². The highest BCUT2D eigenvalue weighted by atomic mass is 32.2. The third-order valence-corrected chi connectivity index (χ3v) is 4.56. The fraction of sp³-hybridized carbons (Fsp3) is 0.312. The number of aromatic nitrogens is 2. The van der Waals surface area contributed by atoms with E-state index in [0.717, 1.165) is 11.3 Å². The molecule has 0 unspecified atom stereocenters. The topological polar surface area (TPSA) is 117 Å². The van der Waals surface area contributed by atoms with E-state index >= 15 is 0 Å². The lowest BCUT2D eigenvalue weighted by atomic mass is 10.2. The molecule has 8 nitrogen and oxygen atoms in total. The van der Waals surface area contributed by atoms with Gasteiger partial charge in [0.1, 0.15) is 5.60 Å². The van der Waals surface area contributed by atoms with Crippen molar-refractivity contribution in [1.82, 2.24) is 10.2 Å². The van der Waals surface area contributed by atoms with Gasteiger partial charge in [-0.05, 0) is 39.0 Å². The van der Waals surface area contributed by atoms with Crippen molar-refractivity contribution in [3.63, 3.8) is 0 Å². The number of benzene rings is 1. The van der Waals surface area contributed by atoms with E-state index in [1.54, 1.807) is 45.0 Å². The summed E-state index contributed by atoms with van der Waals surface area (Å²) in [5.74, 6) is -0.235. The third-order valence-electron chi connectivity index (χ3n) is 2.61. The molecule has 1 aromatic heterocycles. The molecule has 1 heterocycles. The van der Waals surface area contributed by atoms with Gasteiger partial charge < -0.3 is 10.1 Å². The van der Waals surface area contributed by atoms with E-state index in [9.17, 15) is 9.59 Å². The Labute approximate surface area is 159 Å². The van der Waals surface area contributed by atoms with Crippen molar-refractivity contribution < 1.29 is 14.3 Å². The summed E-state index contributed by atoms with van der Waals surface area (Å²) in [7, 11) is 0. The molecule has 0 spiro atoms. The second-order valence-corrected chi connectivity index (χ2v) is 8.22. The predicted molar refractivity (Wildman–Crippen MR) is 100 cm³/mol. The Morgan fingerprint density at radius 2 is 2.08 bits per heavy atom. The molecule has 0 saturated heterocycles. The third kappa shape index (κ3) is 6.70. The Balaban J connectivity index is 1.84. The van der Waals surface area contributed by atoms with Gasteiger partial charge in [-0.15, -0.1) is 10.2 Å². The summed E-state index contributed by atoms with van der Waals surface area (Å²) in [4.78, 5) is 23.6. The van der Waals surface area contributed by atoms with Gasteiger partial charge in [0.2, 0.25) is 5.13 Å². The molecule has 2 amide bonds. The zero-order valence-corrected chi connectivity index (χ0v) is 16.0.